The van der Waals surface area contributed by atoms with E-state index in [1.807, 2.05) is 0 Å². The number of ether oxygens (including phenoxy) is 1. The molecule has 0 fully saturated rings. The number of aromatic nitrogens is 5. The summed E-state index contributed by atoms with van der Waals surface area (Å²) in [4.78, 5) is 8.19. The molecule has 7 nitrogen and oxygen atoms in total. The molecule has 2 aromatic heterocycles. The third kappa shape index (κ3) is 2.48. The molecule has 2 N–H and O–H groups in total. The van der Waals surface area contributed by atoms with Crippen molar-refractivity contribution in [1.82, 2.24) is 24.5 Å². The van der Waals surface area contributed by atoms with Crippen LogP contribution in [0, 0.1) is 0 Å². The molecule has 2 rings (SSSR count). The second kappa shape index (κ2) is 4.80. The fourth-order valence-electron chi connectivity index (χ4n) is 0.965. The molecule has 15 heavy (non-hydrogen) atoms. The van der Waals surface area contributed by atoms with Gasteiger partial charge < -0.3 is 10.1 Å². The monoisotopic (exact) mass is 226 g/mol. The van der Waals surface area contributed by atoms with Crippen molar-refractivity contribution in [3.05, 3.63) is 6.33 Å². The van der Waals surface area contributed by atoms with Crippen LogP contribution in [-0.4, -0.2) is 44.8 Å². The summed E-state index contributed by atoms with van der Waals surface area (Å²) in [7, 11) is 1.65. The third-order valence-electron chi connectivity index (χ3n) is 1.64. The summed E-state index contributed by atoms with van der Waals surface area (Å²) in [6, 6.07) is 0. The first-order chi connectivity index (χ1) is 7.40. The summed E-state index contributed by atoms with van der Waals surface area (Å²) in [5.74, 6) is 1.13. The van der Waals surface area contributed by atoms with Crippen molar-refractivity contribution in [3.63, 3.8) is 0 Å². The second-order valence-corrected chi connectivity index (χ2v) is 3.43. The second-order valence-electron chi connectivity index (χ2n) is 2.68. The quantitative estimate of drug-likeness (QED) is 0.716. The maximum Gasteiger partial charge on any atom is 0.212 e. The minimum Gasteiger partial charge on any atom is -0.383 e. The summed E-state index contributed by atoms with van der Waals surface area (Å²) in [5.41, 5.74) is 0. The predicted octanol–water partition coefficient (Wildman–Crippen LogP) is 0.381. The molecule has 0 amide bonds. The Hall–Kier alpha value is -1.54. The number of nitrogens with one attached hydrogen (secondary N) is 2. The molecule has 0 aromatic carbocycles. The normalized spacial score (nSPS) is 10.5. The van der Waals surface area contributed by atoms with E-state index in [-0.39, 0.29) is 0 Å². The highest BCUT2D eigenvalue weighted by molar-refractivity contribution is 7.09. The number of methoxy groups -OCH3 is 1. The standard InChI is InChI=1S/C7H10N6OS/c1-14-3-2-8-7-11-6(13-15-7)5-9-4-10-12-5/h4H,2-3H2,1H3,(H,8,11,13)(H,9,10,12). The van der Waals surface area contributed by atoms with Crippen molar-refractivity contribution in [1.29, 1.82) is 0 Å². The molecular formula is C7H10N6OS. The number of hydrogen-bond donors (Lipinski definition) is 2. The van der Waals surface area contributed by atoms with Gasteiger partial charge in [-0.15, -0.1) is 0 Å². The number of hydrogen-bond acceptors (Lipinski definition) is 7. The van der Waals surface area contributed by atoms with Gasteiger partial charge in [0.1, 0.15) is 6.33 Å². The SMILES string of the molecule is COCCNc1nc(-c2ncn[nH]2)ns1. The smallest absolute Gasteiger partial charge is 0.212 e. The topological polar surface area (TPSA) is 88.6 Å². The molecular weight excluding hydrogens is 216 g/mol. The number of anilines is 1. The van der Waals surface area contributed by atoms with Gasteiger partial charge in [0, 0.05) is 25.2 Å². The van der Waals surface area contributed by atoms with E-state index in [1.54, 1.807) is 7.11 Å². The molecule has 2 heterocycles. The highest BCUT2D eigenvalue weighted by atomic mass is 32.1. The van der Waals surface area contributed by atoms with Crippen LogP contribution in [0.2, 0.25) is 0 Å². The lowest BCUT2D eigenvalue weighted by Gasteiger charge is -1.98. The van der Waals surface area contributed by atoms with Gasteiger partial charge in [0.15, 0.2) is 5.82 Å². The zero-order chi connectivity index (χ0) is 10.5. The molecule has 0 aliphatic heterocycles. The maximum absolute atomic E-state index is 4.91. The van der Waals surface area contributed by atoms with Crippen LogP contribution in [0.15, 0.2) is 6.33 Å². The van der Waals surface area contributed by atoms with Crippen molar-refractivity contribution in [2.24, 2.45) is 0 Å². The fraction of sp³-hybridized carbons (Fsp3) is 0.429. The van der Waals surface area contributed by atoms with E-state index in [2.05, 4.69) is 29.9 Å². The van der Waals surface area contributed by atoms with E-state index in [4.69, 9.17) is 4.74 Å². The van der Waals surface area contributed by atoms with Crippen molar-refractivity contribution in [2.75, 3.05) is 25.6 Å². The van der Waals surface area contributed by atoms with Crippen LogP contribution < -0.4 is 5.32 Å². The van der Waals surface area contributed by atoms with E-state index in [9.17, 15) is 0 Å². The minimum absolute atomic E-state index is 0.553. The molecule has 8 heteroatoms. The van der Waals surface area contributed by atoms with Gasteiger partial charge in [0.25, 0.3) is 0 Å². The zero-order valence-corrected chi connectivity index (χ0v) is 8.91. The number of aromatic amines is 1. The van der Waals surface area contributed by atoms with Crippen LogP contribution in [0.5, 0.6) is 0 Å². The highest BCUT2D eigenvalue weighted by Crippen LogP contribution is 2.16. The Balaban J connectivity index is 1.98. The van der Waals surface area contributed by atoms with Crippen molar-refractivity contribution in [2.45, 2.75) is 0 Å². The van der Waals surface area contributed by atoms with Gasteiger partial charge in [-0.05, 0) is 0 Å². The van der Waals surface area contributed by atoms with Crippen molar-refractivity contribution in [3.8, 4) is 11.6 Å². The first-order valence-electron chi connectivity index (χ1n) is 4.32. The Kier molecular flexibility index (Phi) is 3.20. The largest absolute Gasteiger partial charge is 0.383 e. The van der Waals surface area contributed by atoms with Crippen LogP contribution in [-0.2, 0) is 4.74 Å². The molecule has 2 aromatic rings. The summed E-state index contributed by atoms with van der Waals surface area (Å²) in [6.45, 7) is 1.35. The Morgan fingerprint density at radius 2 is 2.53 bits per heavy atom. The van der Waals surface area contributed by atoms with Gasteiger partial charge in [0.2, 0.25) is 11.0 Å². The molecule has 0 unspecified atom stereocenters. The summed E-state index contributed by atoms with van der Waals surface area (Å²) >= 11 is 1.28. The van der Waals surface area contributed by atoms with Gasteiger partial charge >= 0.3 is 0 Å². The molecule has 0 bridgehead atoms. The molecule has 0 saturated heterocycles. The number of H-pyrrole nitrogens is 1. The van der Waals surface area contributed by atoms with Gasteiger partial charge in [-0.1, -0.05) is 0 Å². The summed E-state index contributed by atoms with van der Waals surface area (Å²) < 4.78 is 9.04. The molecule has 0 saturated carbocycles. The van der Waals surface area contributed by atoms with E-state index in [1.165, 1.54) is 17.9 Å². The minimum atomic E-state index is 0.553. The van der Waals surface area contributed by atoms with Crippen molar-refractivity contribution >= 4 is 16.7 Å². The molecule has 0 spiro atoms. The molecule has 0 aliphatic rings. The van der Waals surface area contributed by atoms with E-state index < -0.39 is 0 Å². The van der Waals surface area contributed by atoms with Gasteiger partial charge in [-0.2, -0.15) is 14.5 Å². The predicted molar refractivity (Wildman–Crippen MR) is 55.7 cm³/mol. The fourth-order valence-corrected chi connectivity index (χ4v) is 1.56. The number of nitrogens with zero attached hydrogens (tertiary/aromatic N) is 4. The Labute approximate surface area is 90.1 Å². The van der Waals surface area contributed by atoms with E-state index in [0.29, 0.717) is 24.8 Å². The third-order valence-corrected chi connectivity index (χ3v) is 2.31. The molecule has 0 atom stereocenters. The lowest BCUT2D eigenvalue weighted by molar-refractivity contribution is 0.211. The first-order valence-corrected chi connectivity index (χ1v) is 5.10. The van der Waals surface area contributed by atoms with Gasteiger partial charge in [-0.25, -0.2) is 4.98 Å². The van der Waals surface area contributed by atoms with Crippen LogP contribution in [0.4, 0.5) is 5.13 Å². The Morgan fingerprint density at radius 3 is 3.27 bits per heavy atom. The lowest BCUT2D eigenvalue weighted by atomic mass is 10.6. The number of rotatable bonds is 5. The van der Waals surface area contributed by atoms with Crippen LogP contribution in [0.1, 0.15) is 0 Å². The Bertz CT molecular complexity index is 399. The molecule has 0 radical (unpaired) electrons. The van der Waals surface area contributed by atoms with Gasteiger partial charge in [0.05, 0.1) is 6.61 Å². The molecule has 0 aliphatic carbocycles. The summed E-state index contributed by atoms with van der Waals surface area (Å²) in [5, 5.41) is 10.3. The zero-order valence-electron chi connectivity index (χ0n) is 8.10. The van der Waals surface area contributed by atoms with E-state index in [0.717, 1.165) is 5.13 Å². The van der Waals surface area contributed by atoms with Crippen molar-refractivity contribution < 1.29 is 4.74 Å². The lowest BCUT2D eigenvalue weighted by Crippen LogP contribution is -2.07. The maximum atomic E-state index is 4.91. The average Bonchev–Trinajstić information content (AvgIpc) is 2.87. The first kappa shape index (κ1) is 9.99. The van der Waals surface area contributed by atoms with Gasteiger partial charge in [-0.3, -0.25) is 5.10 Å². The van der Waals surface area contributed by atoms with E-state index >= 15 is 0 Å². The average molecular weight is 226 g/mol. The molecule has 80 valence electrons. The van der Waals surface area contributed by atoms with Crippen LogP contribution >= 0.6 is 11.5 Å². The van der Waals surface area contributed by atoms with Crippen LogP contribution in [0.25, 0.3) is 11.6 Å². The summed E-state index contributed by atoms with van der Waals surface area (Å²) in [6.07, 6.45) is 1.42. The Morgan fingerprint density at radius 1 is 1.60 bits per heavy atom. The highest BCUT2D eigenvalue weighted by Gasteiger charge is 2.07. The van der Waals surface area contributed by atoms with Crippen LogP contribution in [0.3, 0.4) is 0 Å².